The minimum atomic E-state index is -0.868. The predicted molar refractivity (Wildman–Crippen MR) is 96.0 cm³/mol. The van der Waals surface area contributed by atoms with Crippen LogP contribution < -0.4 is 4.90 Å². The summed E-state index contributed by atoms with van der Waals surface area (Å²) >= 11 is 0. The molecule has 0 fully saturated rings. The van der Waals surface area contributed by atoms with Gasteiger partial charge >= 0.3 is 5.97 Å². The molecule has 4 nitrogen and oxygen atoms in total. The van der Waals surface area contributed by atoms with Gasteiger partial charge in [-0.15, -0.1) is 0 Å². The molecule has 0 saturated carbocycles. The van der Waals surface area contributed by atoms with Crippen LogP contribution in [-0.2, 0) is 12.8 Å². The van der Waals surface area contributed by atoms with Gasteiger partial charge in [-0.25, -0.2) is 4.79 Å². The Labute approximate surface area is 143 Å². The number of anilines is 1. The van der Waals surface area contributed by atoms with E-state index < -0.39 is 5.97 Å². The summed E-state index contributed by atoms with van der Waals surface area (Å²) in [6.07, 6.45) is 8.49. The van der Waals surface area contributed by atoms with Crippen molar-refractivity contribution in [1.29, 1.82) is 0 Å². The number of aromatic nitrogens is 1. The molecule has 126 valence electrons. The van der Waals surface area contributed by atoms with Crippen LogP contribution in [0.5, 0.6) is 0 Å². The maximum Gasteiger partial charge on any atom is 0.336 e. The van der Waals surface area contributed by atoms with E-state index in [4.69, 9.17) is 0 Å². The number of hydrogen-bond donors (Lipinski definition) is 1. The van der Waals surface area contributed by atoms with Crippen molar-refractivity contribution in [1.82, 2.24) is 4.98 Å². The monoisotopic (exact) mass is 324 g/mol. The lowest BCUT2D eigenvalue weighted by molar-refractivity contribution is 0.0695. The summed E-state index contributed by atoms with van der Waals surface area (Å²) < 4.78 is 0. The molecular weight excluding hydrogens is 300 g/mol. The van der Waals surface area contributed by atoms with Crippen LogP contribution in [0.3, 0.4) is 0 Å². The first-order valence-electron chi connectivity index (χ1n) is 8.52. The Bertz CT molecular complexity index is 740. The highest BCUT2D eigenvalue weighted by atomic mass is 16.4. The highest BCUT2D eigenvalue weighted by molar-refractivity contribution is 5.89. The molecule has 1 aromatic heterocycles. The molecule has 3 rings (SSSR count). The predicted octanol–water partition coefficient (Wildman–Crippen LogP) is 3.90. The molecule has 1 aliphatic rings. The number of fused-ring (bicyclic) bond motifs is 1. The van der Waals surface area contributed by atoms with Crippen molar-refractivity contribution < 1.29 is 9.90 Å². The van der Waals surface area contributed by atoms with Crippen LogP contribution in [0.15, 0.2) is 36.7 Å². The average molecular weight is 324 g/mol. The lowest BCUT2D eigenvalue weighted by atomic mass is 9.79. The third-order valence-electron chi connectivity index (χ3n) is 4.98. The van der Waals surface area contributed by atoms with Crippen molar-refractivity contribution in [3.8, 4) is 0 Å². The van der Waals surface area contributed by atoms with Gasteiger partial charge in [0, 0.05) is 32.2 Å². The van der Waals surface area contributed by atoms with Crippen molar-refractivity contribution in [3.63, 3.8) is 0 Å². The van der Waals surface area contributed by atoms with Crippen LogP contribution in [0.25, 0.3) is 0 Å². The van der Waals surface area contributed by atoms with Gasteiger partial charge in [0.25, 0.3) is 0 Å². The summed E-state index contributed by atoms with van der Waals surface area (Å²) in [7, 11) is 4.13. The summed E-state index contributed by atoms with van der Waals surface area (Å²) in [5.74, 6) is -0.362. The number of benzene rings is 1. The van der Waals surface area contributed by atoms with Crippen LogP contribution in [0, 0.1) is 0 Å². The molecule has 0 spiro atoms. The molecule has 1 heterocycles. The number of hydrogen-bond acceptors (Lipinski definition) is 3. The number of carboxylic acids is 1. The Kier molecular flexibility index (Phi) is 4.84. The van der Waals surface area contributed by atoms with Crippen LogP contribution >= 0.6 is 0 Å². The number of carbonyl (C=O) groups is 1. The molecule has 2 aromatic rings. The maximum absolute atomic E-state index is 11.3. The number of nitrogens with zero attached hydrogens (tertiary/aromatic N) is 2. The number of aryl methyl sites for hydroxylation is 2. The minimum absolute atomic E-state index is 0.379. The van der Waals surface area contributed by atoms with E-state index in [9.17, 15) is 9.90 Å². The molecule has 0 amide bonds. The van der Waals surface area contributed by atoms with Crippen molar-refractivity contribution >= 4 is 11.7 Å². The zero-order chi connectivity index (χ0) is 17.1. The van der Waals surface area contributed by atoms with Gasteiger partial charge in [0.15, 0.2) is 0 Å². The van der Waals surface area contributed by atoms with Crippen molar-refractivity contribution in [2.45, 2.75) is 38.0 Å². The molecule has 1 aromatic carbocycles. The highest BCUT2D eigenvalue weighted by Gasteiger charge is 2.21. The zero-order valence-electron chi connectivity index (χ0n) is 14.3. The first-order chi connectivity index (χ1) is 11.6. The van der Waals surface area contributed by atoms with Gasteiger partial charge in [0.1, 0.15) is 0 Å². The molecule has 0 radical (unpaired) electrons. The quantitative estimate of drug-likeness (QED) is 0.906. The summed E-state index contributed by atoms with van der Waals surface area (Å²) in [6, 6.07) is 8.34. The van der Waals surface area contributed by atoms with Crippen LogP contribution in [0.2, 0.25) is 0 Å². The summed E-state index contributed by atoms with van der Waals surface area (Å²) in [5.41, 5.74) is 5.34. The van der Waals surface area contributed by atoms with Gasteiger partial charge in [-0.05, 0) is 72.9 Å². The smallest absolute Gasteiger partial charge is 0.336 e. The van der Waals surface area contributed by atoms with Gasteiger partial charge in [-0.2, -0.15) is 0 Å². The molecule has 24 heavy (non-hydrogen) atoms. The highest BCUT2D eigenvalue weighted by Crippen LogP contribution is 2.36. The first kappa shape index (κ1) is 16.5. The van der Waals surface area contributed by atoms with Gasteiger partial charge in [0.2, 0.25) is 0 Å². The van der Waals surface area contributed by atoms with E-state index >= 15 is 0 Å². The molecule has 1 N–H and O–H groups in total. The molecule has 0 saturated heterocycles. The second-order valence-electron chi connectivity index (χ2n) is 6.74. The fourth-order valence-electron chi connectivity index (χ4n) is 3.64. The Hall–Kier alpha value is -2.36. The van der Waals surface area contributed by atoms with Crippen LogP contribution in [-0.4, -0.2) is 30.2 Å². The average Bonchev–Trinajstić information content (AvgIpc) is 2.59. The Balaban J connectivity index is 1.78. The Morgan fingerprint density at radius 3 is 2.92 bits per heavy atom. The van der Waals surface area contributed by atoms with Gasteiger partial charge < -0.3 is 10.0 Å². The van der Waals surface area contributed by atoms with Crippen LogP contribution in [0.4, 0.5) is 5.69 Å². The molecule has 0 bridgehead atoms. The van der Waals surface area contributed by atoms with E-state index in [1.54, 1.807) is 18.5 Å². The largest absolute Gasteiger partial charge is 0.478 e. The fraction of sp³-hybridized carbons (Fsp3) is 0.400. The van der Waals surface area contributed by atoms with E-state index in [-0.39, 0.29) is 0 Å². The lowest BCUT2D eigenvalue weighted by Crippen LogP contribution is -2.14. The topological polar surface area (TPSA) is 53.4 Å². The van der Waals surface area contributed by atoms with E-state index in [0.29, 0.717) is 11.5 Å². The van der Waals surface area contributed by atoms with Gasteiger partial charge in [-0.3, -0.25) is 4.98 Å². The number of aromatic carboxylic acids is 1. The van der Waals surface area contributed by atoms with Crippen molar-refractivity contribution in [3.05, 3.63) is 58.9 Å². The third-order valence-corrected chi connectivity index (χ3v) is 4.98. The fourth-order valence-corrected chi connectivity index (χ4v) is 3.64. The standard InChI is InChI=1S/C20H24N2O2/c1-22(2)17-8-9-18-14(4-3-5-15(18)12-17)6-7-16-13-21-11-10-19(16)20(23)24/h8-14H,3-7H2,1-2H3,(H,23,24)/t14-/m0/s1. The normalized spacial score (nSPS) is 16.5. The molecule has 1 atom stereocenters. The first-order valence-corrected chi connectivity index (χ1v) is 8.52. The molecule has 4 heteroatoms. The number of rotatable bonds is 5. The summed E-state index contributed by atoms with van der Waals surface area (Å²) in [5, 5.41) is 9.31. The molecule has 1 aliphatic carbocycles. The van der Waals surface area contributed by atoms with E-state index in [1.807, 2.05) is 0 Å². The zero-order valence-corrected chi connectivity index (χ0v) is 14.3. The molecule has 0 unspecified atom stereocenters. The number of carboxylic acid groups (broad SMARTS) is 1. The van der Waals surface area contributed by atoms with Gasteiger partial charge in [0.05, 0.1) is 5.56 Å². The van der Waals surface area contributed by atoms with E-state index in [0.717, 1.165) is 24.8 Å². The number of pyridine rings is 1. The molecule has 0 aliphatic heterocycles. The van der Waals surface area contributed by atoms with Crippen molar-refractivity contribution in [2.75, 3.05) is 19.0 Å². The summed E-state index contributed by atoms with van der Waals surface area (Å²) in [4.78, 5) is 17.6. The Morgan fingerprint density at radius 2 is 2.17 bits per heavy atom. The Morgan fingerprint density at radius 1 is 1.33 bits per heavy atom. The lowest BCUT2D eigenvalue weighted by Gasteiger charge is -2.27. The third kappa shape index (κ3) is 3.42. The summed E-state index contributed by atoms with van der Waals surface area (Å²) in [6.45, 7) is 0. The SMILES string of the molecule is CN(C)c1ccc2c(c1)CCC[C@H]2CCc1cnccc1C(=O)O. The molecular formula is C20H24N2O2. The van der Waals surface area contributed by atoms with E-state index in [2.05, 4.69) is 42.2 Å². The van der Waals surface area contributed by atoms with Crippen LogP contribution in [0.1, 0.15) is 52.2 Å². The maximum atomic E-state index is 11.3. The van der Waals surface area contributed by atoms with Crippen molar-refractivity contribution in [2.24, 2.45) is 0 Å². The van der Waals surface area contributed by atoms with Gasteiger partial charge in [-0.1, -0.05) is 6.07 Å². The second-order valence-corrected chi connectivity index (χ2v) is 6.74. The minimum Gasteiger partial charge on any atom is -0.478 e. The second kappa shape index (κ2) is 7.04. The van der Waals surface area contributed by atoms with E-state index in [1.165, 1.54) is 29.7 Å².